The van der Waals surface area contributed by atoms with Crippen LogP contribution in [0.25, 0.3) is 0 Å². The molecule has 0 aliphatic heterocycles. The van der Waals surface area contributed by atoms with Gasteiger partial charge in [0.25, 0.3) is 5.91 Å². The highest BCUT2D eigenvalue weighted by Gasteiger charge is 2.09. The van der Waals surface area contributed by atoms with Gasteiger partial charge in [-0.1, -0.05) is 28.1 Å². The minimum atomic E-state index is -0.484. The van der Waals surface area contributed by atoms with E-state index in [2.05, 4.69) is 15.9 Å². The van der Waals surface area contributed by atoms with Crippen LogP contribution in [0.2, 0.25) is 0 Å². The molecule has 3 nitrogen and oxygen atoms in total. The van der Waals surface area contributed by atoms with Crippen LogP contribution in [0, 0.1) is 0 Å². The SMILES string of the molecule is NC(=O)c1c(N)cccc1CBr. The summed E-state index contributed by atoms with van der Waals surface area (Å²) in [6.07, 6.45) is 0. The largest absolute Gasteiger partial charge is 0.398 e. The molecule has 0 atom stereocenters. The van der Waals surface area contributed by atoms with Gasteiger partial charge >= 0.3 is 0 Å². The van der Waals surface area contributed by atoms with Crippen molar-refractivity contribution >= 4 is 27.5 Å². The van der Waals surface area contributed by atoms with Crippen LogP contribution < -0.4 is 11.5 Å². The van der Waals surface area contributed by atoms with Gasteiger partial charge in [-0.25, -0.2) is 0 Å². The summed E-state index contributed by atoms with van der Waals surface area (Å²) in [6, 6.07) is 5.26. The van der Waals surface area contributed by atoms with Crippen molar-refractivity contribution in [1.29, 1.82) is 0 Å². The molecule has 4 heteroatoms. The molecule has 0 unspecified atom stereocenters. The Morgan fingerprint density at radius 1 is 1.50 bits per heavy atom. The first-order chi connectivity index (χ1) is 5.66. The minimum Gasteiger partial charge on any atom is -0.398 e. The van der Waals surface area contributed by atoms with Crippen LogP contribution >= 0.6 is 15.9 Å². The average molecular weight is 229 g/mol. The minimum absolute atomic E-state index is 0.411. The number of nitrogen functional groups attached to an aromatic ring is 1. The molecular weight excluding hydrogens is 220 g/mol. The summed E-state index contributed by atoms with van der Waals surface area (Å²) < 4.78 is 0. The fourth-order valence-electron chi connectivity index (χ4n) is 1.03. The number of hydrogen-bond acceptors (Lipinski definition) is 2. The standard InChI is InChI=1S/C8H9BrN2O/c9-4-5-2-1-3-6(10)7(5)8(11)12/h1-3H,4,10H2,(H2,11,12). The highest BCUT2D eigenvalue weighted by atomic mass is 79.9. The van der Waals surface area contributed by atoms with E-state index in [1.165, 1.54) is 0 Å². The molecule has 64 valence electrons. The van der Waals surface area contributed by atoms with E-state index in [-0.39, 0.29) is 0 Å². The van der Waals surface area contributed by atoms with E-state index >= 15 is 0 Å². The van der Waals surface area contributed by atoms with Gasteiger partial charge in [0.1, 0.15) is 0 Å². The maximum Gasteiger partial charge on any atom is 0.251 e. The second-order valence-electron chi connectivity index (χ2n) is 2.38. The molecule has 0 saturated heterocycles. The maximum absolute atomic E-state index is 10.9. The van der Waals surface area contributed by atoms with E-state index in [9.17, 15) is 4.79 Å². The zero-order valence-electron chi connectivity index (χ0n) is 6.38. The zero-order valence-corrected chi connectivity index (χ0v) is 7.97. The maximum atomic E-state index is 10.9. The van der Waals surface area contributed by atoms with Crippen molar-refractivity contribution in [3.05, 3.63) is 29.3 Å². The predicted molar refractivity (Wildman–Crippen MR) is 52.0 cm³/mol. The molecule has 4 N–H and O–H groups in total. The van der Waals surface area contributed by atoms with Crippen LogP contribution in [0.15, 0.2) is 18.2 Å². The third kappa shape index (κ3) is 1.58. The van der Waals surface area contributed by atoms with Gasteiger partial charge in [0.2, 0.25) is 0 Å². The van der Waals surface area contributed by atoms with Gasteiger partial charge < -0.3 is 11.5 Å². The fraction of sp³-hybridized carbons (Fsp3) is 0.125. The number of amides is 1. The molecule has 1 aromatic carbocycles. The third-order valence-electron chi connectivity index (χ3n) is 1.57. The molecule has 0 aliphatic rings. The molecule has 0 spiro atoms. The molecule has 12 heavy (non-hydrogen) atoms. The van der Waals surface area contributed by atoms with Crippen LogP contribution in [-0.4, -0.2) is 5.91 Å². The summed E-state index contributed by atoms with van der Waals surface area (Å²) >= 11 is 3.25. The van der Waals surface area contributed by atoms with E-state index in [1.54, 1.807) is 12.1 Å². The van der Waals surface area contributed by atoms with Gasteiger partial charge in [0.15, 0.2) is 0 Å². The van der Waals surface area contributed by atoms with Crippen LogP contribution in [0.1, 0.15) is 15.9 Å². The van der Waals surface area contributed by atoms with Crippen LogP contribution in [0.3, 0.4) is 0 Å². The first-order valence-electron chi connectivity index (χ1n) is 3.40. The normalized spacial score (nSPS) is 9.75. The summed E-state index contributed by atoms with van der Waals surface area (Å²) in [5.41, 5.74) is 12.4. The van der Waals surface area contributed by atoms with Crippen molar-refractivity contribution in [2.24, 2.45) is 5.73 Å². The lowest BCUT2D eigenvalue weighted by atomic mass is 10.1. The lowest BCUT2D eigenvalue weighted by molar-refractivity contribution is 0.100. The number of benzene rings is 1. The Bertz CT molecular complexity index is 312. The van der Waals surface area contributed by atoms with Gasteiger partial charge in [-0.15, -0.1) is 0 Å². The Balaban J connectivity index is 3.29. The van der Waals surface area contributed by atoms with Gasteiger partial charge in [-0.2, -0.15) is 0 Å². The van der Waals surface area contributed by atoms with Gasteiger partial charge in [-0.3, -0.25) is 4.79 Å². The van der Waals surface area contributed by atoms with Gasteiger partial charge in [0.05, 0.1) is 5.56 Å². The van der Waals surface area contributed by atoms with Crippen molar-refractivity contribution in [1.82, 2.24) is 0 Å². The highest BCUT2D eigenvalue weighted by molar-refractivity contribution is 9.08. The number of nitrogens with two attached hydrogens (primary N) is 2. The average Bonchev–Trinajstić information content (AvgIpc) is 2.03. The molecule has 0 radical (unpaired) electrons. The summed E-state index contributed by atoms with van der Waals surface area (Å²) in [7, 11) is 0. The Hall–Kier alpha value is -1.03. The van der Waals surface area contributed by atoms with Crippen molar-refractivity contribution in [2.75, 3.05) is 5.73 Å². The van der Waals surface area contributed by atoms with Crippen LogP contribution in [-0.2, 0) is 5.33 Å². The Morgan fingerprint density at radius 3 is 2.58 bits per heavy atom. The molecule has 0 bridgehead atoms. The predicted octanol–water partition coefficient (Wildman–Crippen LogP) is 1.26. The number of alkyl halides is 1. The Morgan fingerprint density at radius 2 is 2.17 bits per heavy atom. The molecule has 0 saturated carbocycles. The first-order valence-corrected chi connectivity index (χ1v) is 4.52. The first kappa shape index (κ1) is 9.06. The molecular formula is C8H9BrN2O. The molecule has 1 amide bonds. The topological polar surface area (TPSA) is 69.1 Å². The third-order valence-corrected chi connectivity index (χ3v) is 2.18. The highest BCUT2D eigenvalue weighted by Crippen LogP contribution is 2.18. The van der Waals surface area contributed by atoms with E-state index in [0.29, 0.717) is 16.6 Å². The molecule has 0 aliphatic carbocycles. The quantitative estimate of drug-likeness (QED) is 0.592. The zero-order chi connectivity index (χ0) is 9.14. The summed E-state index contributed by atoms with van der Waals surface area (Å²) in [6.45, 7) is 0. The van der Waals surface area contributed by atoms with E-state index < -0.39 is 5.91 Å². The summed E-state index contributed by atoms with van der Waals surface area (Å²) in [5, 5.41) is 0.580. The fourth-order valence-corrected chi connectivity index (χ4v) is 1.50. The number of hydrogen-bond donors (Lipinski definition) is 2. The van der Waals surface area contributed by atoms with E-state index in [0.717, 1.165) is 5.56 Å². The number of carbonyl (C=O) groups is 1. The Kier molecular flexibility index (Phi) is 2.70. The van der Waals surface area contributed by atoms with Crippen molar-refractivity contribution in [3.63, 3.8) is 0 Å². The van der Waals surface area contributed by atoms with Crippen molar-refractivity contribution in [3.8, 4) is 0 Å². The van der Waals surface area contributed by atoms with Gasteiger partial charge in [0, 0.05) is 11.0 Å². The number of primary amides is 1. The summed E-state index contributed by atoms with van der Waals surface area (Å²) in [4.78, 5) is 10.9. The number of anilines is 1. The molecule has 0 heterocycles. The van der Waals surface area contributed by atoms with Crippen molar-refractivity contribution < 1.29 is 4.79 Å². The number of rotatable bonds is 2. The van der Waals surface area contributed by atoms with E-state index in [1.807, 2.05) is 6.07 Å². The molecule has 0 fully saturated rings. The lowest BCUT2D eigenvalue weighted by Gasteiger charge is -2.05. The monoisotopic (exact) mass is 228 g/mol. The van der Waals surface area contributed by atoms with Gasteiger partial charge in [-0.05, 0) is 11.6 Å². The second-order valence-corrected chi connectivity index (χ2v) is 2.94. The second kappa shape index (κ2) is 3.58. The van der Waals surface area contributed by atoms with Crippen LogP contribution in [0.4, 0.5) is 5.69 Å². The lowest BCUT2D eigenvalue weighted by Crippen LogP contribution is -2.15. The Labute approximate surface area is 78.9 Å². The molecule has 1 aromatic rings. The molecule has 0 aromatic heterocycles. The van der Waals surface area contributed by atoms with Crippen molar-refractivity contribution in [2.45, 2.75) is 5.33 Å². The summed E-state index contributed by atoms with van der Waals surface area (Å²) in [5.74, 6) is -0.484. The van der Waals surface area contributed by atoms with Crippen LogP contribution in [0.5, 0.6) is 0 Å². The molecule has 1 rings (SSSR count). The van der Waals surface area contributed by atoms with E-state index in [4.69, 9.17) is 11.5 Å². The smallest absolute Gasteiger partial charge is 0.251 e. The number of carbonyl (C=O) groups excluding carboxylic acids is 1. The number of halogens is 1.